The van der Waals surface area contributed by atoms with Gasteiger partial charge in [0, 0.05) is 16.9 Å². The molecule has 0 atom stereocenters. The molecule has 2 aliphatic heterocycles. The molecular formula is C44H30N6O. The van der Waals surface area contributed by atoms with Gasteiger partial charge in [-0.15, -0.1) is 5.10 Å². The predicted molar refractivity (Wildman–Crippen MR) is 204 cm³/mol. The first-order valence-electron chi connectivity index (χ1n) is 16.9. The van der Waals surface area contributed by atoms with Crippen molar-refractivity contribution in [3.63, 3.8) is 0 Å². The van der Waals surface area contributed by atoms with E-state index in [-0.39, 0.29) is 0 Å². The van der Waals surface area contributed by atoms with Crippen molar-refractivity contribution in [1.29, 1.82) is 0 Å². The SMILES string of the molecule is c1ccc(N2c3ccccc3N(c3ccccc3-n3cc(-c4ccc(N5c6ccccc6Oc6ccccc65)cc4)nn3)c3ccccc32)cc1. The number of anilines is 9. The van der Waals surface area contributed by atoms with E-state index >= 15 is 0 Å². The van der Waals surface area contributed by atoms with Gasteiger partial charge in [0.25, 0.3) is 0 Å². The molecule has 0 aliphatic carbocycles. The fourth-order valence-electron chi connectivity index (χ4n) is 7.18. The van der Waals surface area contributed by atoms with Crippen LogP contribution in [0.4, 0.5) is 51.2 Å². The summed E-state index contributed by atoms with van der Waals surface area (Å²) >= 11 is 0. The molecule has 242 valence electrons. The van der Waals surface area contributed by atoms with Gasteiger partial charge >= 0.3 is 0 Å². The maximum Gasteiger partial charge on any atom is 0.151 e. The third-order valence-corrected chi connectivity index (χ3v) is 9.46. The van der Waals surface area contributed by atoms with E-state index in [1.54, 1.807) is 0 Å². The molecule has 0 fully saturated rings. The molecule has 2 aliphatic rings. The van der Waals surface area contributed by atoms with Crippen LogP contribution in [-0.4, -0.2) is 15.0 Å². The third-order valence-electron chi connectivity index (χ3n) is 9.46. The van der Waals surface area contributed by atoms with Gasteiger partial charge < -0.3 is 19.4 Å². The number of hydrogen-bond donors (Lipinski definition) is 0. The summed E-state index contributed by atoms with van der Waals surface area (Å²) in [6.07, 6.45) is 2.01. The molecule has 0 amide bonds. The molecule has 3 heterocycles. The minimum atomic E-state index is 0.786. The Morgan fingerprint density at radius 2 is 0.765 bits per heavy atom. The monoisotopic (exact) mass is 658 g/mol. The largest absolute Gasteiger partial charge is 0.453 e. The fraction of sp³-hybridized carbons (Fsp3) is 0. The zero-order chi connectivity index (χ0) is 33.7. The maximum absolute atomic E-state index is 6.22. The summed E-state index contributed by atoms with van der Waals surface area (Å²) in [6, 6.07) is 60.7. The summed E-state index contributed by atoms with van der Waals surface area (Å²) in [5.41, 5.74) is 12.2. The zero-order valence-corrected chi connectivity index (χ0v) is 27.4. The Kier molecular flexibility index (Phi) is 6.67. The minimum Gasteiger partial charge on any atom is -0.453 e. The summed E-state index contributed by atoms with van der Waals surface area (Å²) in [5.74, 6) is 1.65. The molecule has 0 radical (unpaired) electrons. The number of fused-ring (bicyclic) bond motifs is 4. The number of hydrogen-bond acceptors (Lipinski definition) is 6. The van der Waals surface area contributed by atoms with Crippen LogP contribution in [0.3, 0.4) is 0 Å². The lowest BCUT2D eigenvalue weighted by Gasteiger charge is -2.40. The Balaban J connectivity index is 1.02. The highest BCUT2D eigenvalue weighted by Gasteiger charge is 2.31. The van der Waals surface area contributed by atoms with E-state index in [1.807, 2.05) is 53.3 Å². The van der Waals surface area contributed by atoms with Crippen LogP contribution in [0.1, 0.15) is 0 Å². The van der Waals surface area contributed by atoms with Crippen molar-refractivity contribution >= 4 is 51.2 Å². The first kappa shape index (κ1) is 28.9. The number of para-hydroxylation sites is 11. The van der Waals surface area contributed by atoms with Gasteiger partial charge in [-0.2, -0.15) is 0 Å². The van der Waals surface area contributed by atoms with E-state index in [1.165, 1.54) is 0 Å². The van der Waals surface area contributed by atoms with Gasteiger partial charge in [0.2, 0.25) is 0 Å². The highest BCUT2D eigenvalue weighted by atomic mass is 16.5. The normalized spacial score (nSPS) is 12.7. The molecule has 0 bridgehead atoms. The van der Waals surface area contributed by atoms with Gasteiger partial charge in [0.1, 0.15) is 5.69 Å². The van der Waals surface area contributed by atoms with E-state index in [0.717, 1.165) is 79.6 Å². The van der Waals surface area contributed by atoms with E-state index < -0.39 is 0 Å². The first-order valence-corrected chi connectivity index (χ1v) is 16.9. The molecule has 7 heteroatoms. The van der Waals surface area contributed by atoms with Gasteiger partial charge in [-0.3, -0.25) is 0 Å². The van der Waals surface area contributed by atoms with Crippen molar-refractivity contribution in [2.45, 2.75) is 0 Å². The van der Waals surface area contributed by atoms with E-state index in [9.17, 15) is 0 Å². The summed E-state index contributed by atoms with van der Waals surface area (Å²) in [5, 5.41) is 9.32. The average molecular weight is 659 g/mol. The second-order valence-electron chi connectivity index (χ2n) is 12.4. The molecule has 1 aromatic heterocycles. The molecule has 10 rings (SSSR count). The van der Waals surface area contributed by atoms with Crippen LogP contribution in [0.5, 0.6) is 11.5 Å². The molecule has 7 aromatic carbocycles. The van der Waals surface area contributed by atoms with Crippen LogP contribution in [0, 0.1) is 0 Å². The minimum absolute atomic E-state index is 0.786. The van der Waals surface area contributed by atoms with Crippen molar-refractivity contribution in [2.75, 3.05) is 14.7 Å². The van der Waals surface area contributed by atoms with Crippen molar-refractivity contribution < 1.29 is 4.74 Å². The topological polar surface area (TPSA) is 49.7 Å². The average Bonchev–Trinajstić information content (AvgIpc) is 3.70. The van der Waals surface area contributed by atoms with Crippen LogP contribution in [0.25, 0.3) is 16.9 Å². The predicted octanol–water partition coefficient (Wildman–Crippen LogP) is 11.8. The second-order valence-corrected chi connectivity index (χ2v) is 12.4. The van der Waals surface area contributed by atoms with Crippen molar-refractivity contribution in [3.8, 4) is 28.4 Å². The van der Waals surface area contributed by atoms with Gasteiger partial charge in [-0.25, -0.2) is 4.68 Å². The van der Waals surface area contributed by atoms with E-state index in [4.69, 9.17) is 4.74 Å². The third kappa shape index (κ3) is 4.75. The molecule has 0 spiro atoms. The smallest absolute Gasteiger partial charge is 0.151 e. The van der Waals surface area contributed by atoms with Crippen molar-refractivity contribution in [1.82, 2.24) is 15.0 Å². The number of ether oxygens (including phenoxy) is 1. The second kappa shape index (κ2) is 11.8. The van der Waals surface area contributed by atoms with Crippen LogP contribution in [-0.2, 0) is 0 Å². The molecule has 0 unspecified atom stereocenters. The van der Waals surface area contributed by atoms with Crippen LogP contribution in [0.15, 0.2) is 182 Å². The lowest BCUT2D eigenvalue weighted by atomic mass is 10.0. The highest BCUT2D eigenvalue weighted by molar-refractivity contribution is 6.02. The van der Waals surface area contributed by atoms with Gasteiger partial charge in [0.15, 0.2) is 11.5 Å². The summed E-state index contributed by atoms with van der Waals surface area (Å²) < 4.78 is 8.09. The lowest BCUT2D eigenvalue weighted by molar-refractivity contribution is 0.477. The zero-order valence-electron chi connectivity index (χ0n) is 27.4. The van der Waals surface area contributed by atoms with Crippen LogP contribution in [0.2, 0.25) is 0 Å². The fourth-order valence-corrected chi connectivity index (χ4v) is 7.18. The Morgan fingerprint density at radius 3 is 1.33 bits per heavy atom. The Labute approximate surface area is 295 Å². The first-order chi connectivity index (χ1) is 25.3. The molecule has 0 N–H and O–H groups in total. The van der Waals surface area contributed by atoms with Crippen LogP contribution < -0.4 is 19.4 Å². The summed E-state index contributed by atoms with van der Waals surface area (Å²) in [6.45, 7) is 0. The summed E-state index contributed by atoms with van der Waals surface area (Å²) in [4.78, 5) is 6.89. The number of nitrogens with zero attached hydrogens (tertiary/aromatic N) is 6. The highest BCUT2D eigenvalue weighted by Crippen LogP contribution is 2.55. The van der Waals surface area contributed by atoms with Gasteiger partial charge in [-0.1, -0.05) is 96.2 Å². The Hall–Kier alpha value is -7.12. The van der Waals surface area contributed by atoms with Gasteiger partial charge in [0.05, 0.1) is 51.7 Å². The summed E-state index contributed by atoms with van der Waals surface area (Å²) in [7, 11) is 0. The number of aromatic nitrogens is 3. The molecule has 0 saturated heterocycles. The molecule has 0 saturated carbocycles. The van der Waals surface area contributed by atoms with E-state index in [2.05, 4.69) is 158 Å². The van der Waals surface area contributed by atoms with Crippen molar-refractivity contribution in [2.24, 2.45) is 0 Å². The molecule has 8 aromatic rings. The van der Waals surface area contributed by atoms with Gasteiger partial charge in [-0.05, 0) is 84.9 Å². The molecule has 7 nitrogen and oxygen atoms in total. The molecule has 51 heavy (non-hydrogen) atoms. The Bertz CT molecular complexity index is 2450. The standard InChI is InChI=1S/C44H30N6O/c1-2-14-32(15-3-1)48-37-18-6-8-20-39(37)50(40-21-9-7-19-38(40)48)36-17-5-4-16-35(36)47-30-34(45-46-47)31-26-28-33(29-27-31)49-41-22-10-12-24-43(41)51-44-25-13-11-23-42(44)49/h1-30H. The maximum atomic E-state index is 6.22. The molecular weight excluding hydrogens is 629 g/mol. The van der Waals surface area contributed by atoms with Crippen molar-refractivity contribution in [3.05, 3.63) is 182 Å². The lowest BCUT2D eigenvalue weighted by Crippen LogP contribution is -2.24. The van der Waals surface area contributed by atoms with Crippen LogP contribution >= 0.6 is 0 Å². The number of rotatable bonds is 5. The number of benzene rings is 7. The quantitative estimate of drug-likeness (QED) is 0.183. The van der Waals surface area contributed by atoms with E-state index in [0.29, 0.717) is 0 Å². The Morgan fingerprint density at radius 1 is 0.353 bits per heavy atom.